The Hall–Kier alpha value is -1.78. The molecule has 4 nitrogen and oxygen atoms in total. The first-order valence-corrected chi connectivity index (χ1v) is 7.72. The van der Waals surface area contributed by atoms with E-state index in [1.54, 1.807) is 30.5 Å². The van der Waals surface area contributed by atoms with Gasteiger partial charge in [0, 0.05) is 22.8 Å². The van der Waals surface area contributed by atoms with E-state index in [2.05, 4.69) is 15.6 Å². The average Bonchev–Trinajstić information content (AvgIpc) is 2.48. The molecule has 0 saturated carbocycles. The Labute approximate surface area is 139 Å². The summed E-state index contributed by atoms with van der Waals surface area (Å²) in [5, 5.41) is 7.18. The van der Waals surface area contributed by atoms with Crippen molar-refractivity contribution in [3.8, 4) is 0 Å². The summed E-state index contributed by atoms with van der Waals surface area (Å²) in [7, 11) is 0. The number of pyridine rings is 1. The summed E-state index contributed by atoms with van der Waals surface area (Å²) in [5.74, 6) is 0.543. The highest BCUT2D eigenvalue weighted by molar-refractivity contribution is 6.35. The van der Waals surface area contributed by atoms with Crippen molar-refractivity contribution in [1.82, 2.24) is 10.3 Å². The lowest BCUT2D eigenvalue weighted by molar-refractivity contribution is 0.0955. The quantitative estimate of drug-likeness (QED) is 0.854. The third kappa shape index (κ3) is 4.12. The van der Waals surface area contributed by atoms with Crippen LogP contribution in [-0.4, -0.2) is 17.4 Å². The molecule has 0 spiro atoms. The fourth-order valence-electron chi connectivity index (χ4n) is 2.03. The van der Waals surface area contributed by atoms with Gasteiger partial charge in [0.05, 0.1) is 11.6 Å². The predicted molar refractivity (Wildman–Crippen MR) is 90.7 cm³/mol. The van der Waals surface area contributed by atoms with Gasteiger partial charge in [0.15, 0.2) is 0 Å². The molecule has 1 heterocycles. The SMILES string of the molecule is CCNC(=O)c1ccc(N[C@@H](C)c2ccc(Cl)cc2Cl)nc1. The monoisotopic (exact) mass is 337 g/mol. The number of amides is 1. The Kier molecular flexibility index (Phi) is 5.63. The minimum absolute atomic E-state index is 0.0346. The molecule has 2 aromatic rings. The van der Waals surface area contributed by atoms with E-state index in [9.17, 15) is 4.79 Å². The van der Waals surface area contributed by atoms with E-state index in [4.69, 9.17) is 23.2 Å². The second kappa shape index (κ2) is 7.47. The number of aromatic nitrogens is 1. The minimum atomic E-state index is -0.129. The third-order valence-electron chi connectivity index (χ3n) is 3.16. The maximum absolute atomic E-state index is 11.7. The van der Waals surface area contributed by atoms with Crippen molar-refractivity contribution < 1.29 is 4.79 Å². The number of carbonyl (C=O) groups is 1. The van der Waals surface area contributed by atoms with Gasteiger partial charge in [-0.3, -0.25) is 4.79 Å². The van der Waals surface area contributed by atoms with Gasteiger partial charge in [-0.05, 0) is 43.7 Å². The van der Waals surface area contributed by atoms with E-state index >= 15 is 0 Å². The van der Waals surface area contributed by atoms with Crippen molar-refractivity contribution in [2.45, 2.75) is 19.9 Å². The van der Waals surface area contributed by atoms with Crippen molar-refractivity contribution in [2.24, 2.45) is 0 Å². The molecule has 1 amide bonds. The average molecular weight is 338 g/mol. The molecule has 2 rings (SSSR count). The number of anilines is 1. The van der Waals surface area contributed by atoms with Gasteiger partial charge in [0.2, 0.25) is 0 Å². The Bertz CT molecular complexity index is 659. The Morgan fingerprint density at radius 3 is 2.64 bits per heavy atom. The van der Waals surface area contributed by atoms with Crippen LogP contribution in [0.25, 0.3) is 0 Å². The van der Waals surface area contributed by atoms with E-state index < -0.39 is 0 Å². The zero-order valence-electron chi connectivity index (χ0n) is 12.4. The van der Waals surface area contributed by atoms with Gasteiger partial charge in [-0.2, -0.15) is 0 Å². The molecule has 1 atom stereocenters. The molecule has 1 aromatic carbocycles. The lowest BCUT2D eigenvalue weighted by Gasteiger charge is -2.16. The summed E-state index contributed by atoms with van der Waals surface area (Å²) in [5.41, 5.74) is 1.46. The lowest BCUT2D eigenvalue weighted by Crippen LogP contribution is -2.22. The molecule has 0 fully saturated rings. The molecule has 0 bridgehead atoms. The van der Waals surface area contributed by atoms with Gasteiger partial charge < -0.3 is 10.6 Å². The zero-order valence-corrected chi connectivity index (χ0v) is 13.9. The molecule has 0 aliphatic rings. The van der Waals surface area contributed by atoms with E-state index in [0.29, 0.717) is 28.0 Å². The number of benzene rings is 1. The first kappa shape index (κ1) is 16.6. The maximum atomic E-state index is 11.7. The number of nitrogens with zero attached hydrogens (tertiary/aromatic N) is 1. The summed E-state index contributed by atoms with van der Waals surface area (Å²) < 4.78 is 0. The van der Waals surface area contributed by atoms with Gasteiger partial charge in [-0.1, -0.05) is 29.3 Å². The van der Waals surface area contributed by atoms with Crippen LogP contribution in [-0.2, 0) is 0 Å². The minimum Gasteiger partial charge on any atom is -0.363 e. The van der Waals surface area contributed by atoms with Crippen molar-refractivity contribution in [2.75, 3.05) is 11.9 Å². The summed E-state index contributed by atoms with van der Waals surface area (Å²) in [6, 6.07) is 8.86. The van der Waals surface area contributed by atoms with Gasteiger partial charge in [-0.25, -0.2) is 4.98 Å². The molecule has 0 aliphatic heterocycles. The highest BCUT2D eigenvalue weighted by atomic mass is 35.5. The van der Waals surface area contributed by atoms with Gasteiger partial charge >= 0.3 is 0 Å². The summed E-state index contributed by atoms with van der Waals surface area (Å²) in [6.07, 6.45) is 1.55. The van der Waals surface area contributed by atoms with Crippen molar-refractivity contribution in [3.63, 3.8) is 0 Å². The molecule has 0 aliphatic carbocycles. The van der Waals surface area contributed by atoms with Gasteiger partial charge in [0.25, 0.3) is 5.91 Å². The normalized spacial score (nSPS) is 11.8. The summed E-state index contributed by atoms with van der Waals surface area (Å²) in [4.78, 5) is 15.9. The van der Waals surface area contributed by atoms with Gasteiger partial charge in [-0.15, -0.1) is 0 Å². The molecule has 0 saturated heterocycles. The van der Waals surface area contributed by atoms with Crippen molar-refractivity contribution >= 4 is 34.9 Å². The summed E-state index contributed by atoms with van der Waals surface area (Å²) in [6.45, 7) is 4.44. The van der Waals surface area contributed by atoms with Crippen LogP contribution in [0.5, 0.6) is 0 Å². The largest absolute Gasteiger partial charge is 0.363 e. The van der Waals surface area contributed by atoms with Crippen LogP contribution in [0.15, 0.2) is 36.5 Å². The number of carbonyl (C=O) groups excluding carboxylic acids is 1. The van der Waals surface area contributed by atoms with E-state index in [1.165, 1.54) is 0 Å². The topological polar surface area (TPSA) is 54.0 Å². The first-order chi connectivity index (χ1) is 10.5. The van der Waals surface area contributed by atoms with Gasteiger partial charge in [0.1, 0.15) is 5.82 Å². The van der Waals surface area contributed by atoms with Crippen molar-refractivity contribution in [1.29, 1.82) is 0 Å². The molecular formula is C16H17Cl2N3O. The Morgan fingerprint density at radius 1 is 1.27 bits per heavy atom. The highest BCUT2D eigenvalue weighted by Gasteiger charge is 2.11. The smallest absolute Gasteiger partial charge is 0.252 e. The van der Waals surface area contributed by atoms with E-state index in [-0.39, 0.29) is 11.9 Å². The molecule has 116 valence electrons. The fourth-order valence-corrected chi connectivity index (χ4v) is 2.60. The van der Waals surface area contributed by atoms with E-state index in [1.807, 2.05) is 19.9 Å². The van der Waals surface area contributed by atoms with E-state index in [0.717, 1.165) is 5.56 Å². The van der Waals surface area contributed by atoms with Crippen molar-refractivity contribution in [3.05, 3.63) is 57.7 Å². The molecule has 0 radical (unpaired) electrons. The molecule has 22 heavy (non-hydrogen) atoms. The fraction of sp³-hybridized carbons (Fsp3) is 0.250. The van der Waals surface area contributed by atoms with Crippen LogP contribution >= 0.6 is 23.2 Å². The number of nitrogens with one attached hydrogen (secondary N) is 2. The number of rotatable bonds is 5. The maximum Gasteiger partial charge on any atom is 0.252 e. The highest BCUT2D eigenvalue weighted by Crippen LogP contribution is 2.28. The third-order valence-corrected chi connectivity index (χ3v) is 3.72. The first-order valence-electron chi connectivity index (χ1n) is 6.97. The molecule has 0 unspecified atom stereocenters. The molecular weight excluding hydrogens is 321 g/mol. The lowest BCUT2D eigenvalue weighted by atomic mass is 10.1. The van der Waals surface area contributed by atoms with Crippen LogP contribution in [0.3, 0.4) is 0 Å². The zero-order chi connectivity index (χ0) is 16.1. The number of hydrogen-bond acceptors (Lipinski definition) is 3. The van der Waals surface area contributed by atoms with Crippen LogP contribution in [0.2, 0.25) is 10.0 Å². The molecule has 1 aromatic heterocycles. The molecule has 2 N–H and O–H groups in total. The second-order valence-electron chi connectivity index (χ2n) is 4.82. The number of hydrogen-bond donors (Lipinski definition) is 2. The van der Waals surface area contributed by atoms with Crippen LogP contribution < -0.4 is 10.6 Å². The summed E-state index contributed by atoms with van der Waals surface area (Å²) >= 11 is 12.1. The van der Waals surface area contributed by atoms with Crippen LogP contribution in [0.4, 0.5) is 5.82 Å². The molecule has 6 heteroatoms. The number of halogens is 2. The standard InChI is InChI=1S/C16H17Cl2N3O/c1-3-19-16(22)11-4-7-15(20-9-11)21-10(2)13-6-5-12(17)8-14(13)18/h4-10H,3H2,1-2H3,(H,19,22)(H,20,21)/t10-/m0/s1. The predicted octanol–water partition coefficient (Wildman–Crippen LogP) is 4.31. The Balaban J connectivity index is 2.08. The second-order valence-corrected chi connectivity index (χ2v) is 5.67. The van der Waals surface area contributed by atoms with Crippen LogP contribution in [0, 0.1) is 0 Å². The van der Waals surface area contributed by atoms with Crippen LogP contribution in [0.1, 0.15) is 35.8 Å². The Morgan fingerprint density at radius 2 is 2.05 bits per heavy atom.